The van der Waals surface area contributed by atoms with Crippen molar-refractivity contribution in [2.45, 2.75) is 19.8 Å². The second kappa shape index (κ2) is 5.40. The molecule has 106 valence electrons. The molecule has 0 fully saturated rings. The fourth-order valence-corrected chi connectivity index (χ4v) is 2.36. The third-order valence-electron chi connectivity index (χ3n) is 3.53. The van der Waals surface area contributed by atoms with Gasteiger partial charge < -0.3 is 5.73 Å². The summed E-state index contributed by atoms with van der Waals surface area (Å²) in [6.07, 6.45) is 5.38. The highest BCUT2D eigenvalue weighted by atomic mass is 15.0. The molecule has 0 aliphatic carbocycles. The molecular formula is C17H18N4. The molecule has 1 aromatic carbocycles. The Morgan fingerprint density at radius 2 is 2.00 bits per heavy atom. The van der Waals surface area contributed by atoms with Crippen molar-refractivity contribution in [3.05, 3.63) is 60.7 Å². The minimum atomic E-state index is 0.494. The zero-order valence-corrected chi connectivity index (χ0v) is 12.2. The standard InChI is InChI=1S/C17H18N4/c1-12(2)13-4-3-5-15(8-13)21-11-19-10-16(21)14-6-7-20-17(18)9-14/h3-12H,1-2H3,(H2,18,20). The molecule has 21 heavy (non-hydrogen) atoms. The fourth-order valence-electron chi connectivity index (χ4n) is 2.36. The average molecular weight is 278 g/mol. The lowest BCUT2D eigenvalue weighted by atomic mass is 10.0. The fraction of sp³-hybridized carbons (Fsp3) is 0.176. The van der Waals surface area contributed by atoms with Crippen LogP contribution in [0.2, 0.25) is 0 Å². The molecule has 2 aromatic heterocycles. The highest BCUT2D eigenvalue weighted by Gasteiger charge is 2.09. The molecule has 2 heterocycles. The zero-order chi connectivity index (χ0) is 14.8. The monoisotopic (exact) mass is 278 g/mol. The number of rotatable bonds is 3. The zero-order valence-electron chi connectivity index (χ0n) is 12.2. The minimum absolute atomic E-state index is 0.494. The Kier molecular flexibility index (Phi) is 3.44. The summed E-state index contributed by atoms with van der Waals surface area (Å²) in [6, 6.07) is 12.3. The highest BCUT2D eigenvalue weighted by molar-refractivity contribution is 5.64. The molecule has 0 bridgehead atoms. The predicted molar refractivity (Wildman–Crippen MR) is 85.3 cm³/mol. The van der Waals surface area contributed by atoms with E-state index in [1.165, 1.54) is 5.56 Å². The van der Waals surface area contributed by atoms with E-state index >= 15 is 0 Å². The SMILES string of the molecule is CC(C)c1cccc(-n2cncc2-c2ccnc(N)c2)c1. The van der Waals surface area contributed by atoms with E-state index in [2.05, 4.69) is 52.6 Å². The van der Waals surface area contributed by atoms with E-state index in [4.69, 9.17) is 5.73 Å². The van der Waals surface area contributed by atoms with Crippen LogP contribution < -0.4 is 5.73 Å². The van der Waals surface area contributed by atoms with Crippen LogP contribution in [-0.4, -0.2) is 14.5 Å². The first-order valence-corrected chi connectivity index (χ1v) is 7.00. The van der Waals surface area contributed by atoms with Gasteiger partial charge in [0.25, 0.3) is 0 Å². The van der Waals surface area contributed by atoms with Crippen molar-refractivity contribution >= 4 is 5.82 Å². The van der Waals surface area contributed by atoms with Crippen molar-refractivity contribution in [2.24, 2.45) is 0 Å². The van der Waals surface area contributed by atoms with Gasteiger partial charge in [0, 0.05) is 17.4 Å². The van der Waals surface area contributed by atoms with Crippen LogP contribution in [0.3, 0.4) is 0 Å². The molecule has 0 amide bonds. The molecule has 0 saturated heterocycles. The Labute approximate surface area is 124 Å². The molecule has 0 spiro atoms. The van der Waals surface area contributed by atoms with Gasteiger partial charge in [0.05, 0.1) is 18.2 Å². The lowest BCUT2D eigenvalue weighted by Gasteiger charge is -2.12. The summed E-state index contributed by atoms with van der Waals surface area (Å²) in [7, 11) is 0. The van der Waals surface area contributed by atoms with Gasteiger partial charge in [0.2, 0.25) is 0 Å². The van der Waals surface area contributed by atoms with Crippen LogP contribution in [0.1, 0.15) is 25.3 Å². The normalized spacial score (nSPS) is 11.0. The Bertz CT molecular complexity index is 759. The van der Waals surface area contributed by atoms with Crippen LogP contribution in [0, 0.1) is 0 Å². The van der Waals surface area contributed by atoms with Gasteiger partial charge in [-0.3, -0.25) is 4.57 Å². The molecule has 0 radical (unpaired) electrons. The van der Waals surface area contributed by atoms with E-state index in [1.54, 1.807) is 6.20 Å². The summed E-state index contributed by atoms with van der Waals surface area (Å²) in [6.45, 7) is 4.38. The average Bonchev–Trinajstić information content (AvgIpc) is 2.97. The summed E-state index contributed by atoms with van der Waals surface area (Å²) in [4.78, 5) is 8.32. The third kappa shape index (κ3) is 2.65. The van der Waals surface area contributed by atoms with Gasteiger partial charge in [0.15, 0.2) is 0 Å². The molecule has 4 heteroatoms. The molecule has 0 aliphatic rings. The largest absolute Gasteiger partial charge is 0.384 e. The van der Waals surface area contributed by atoms with Crippen molar-refractivity contribution in [1.82, 2.24) is 14.5 Å². The first-order chi connectivity index (χ1) is 10.1. The van der Waals surface area contributed by atoms with E-state index < -0.39 is 0 Å². The molecular weight excluding hydrogens is 260 g/mol. The van der Waals surface area contributed by atoms with Crippen molar-refractivity contribution in [1.29, 1.82) is 0 Å². The molecule has 3 rings (SSSR count). The number of hydrogen-bond donors (Lipinski definition) is 1. The van der Waals surface area contributed by atoms with Crippen molar-refractivity contribution in [3.63, 3.8) is 0 Å². The number of imidazole rings is 1. The van der Waals surface area contributed by atoms with E-state index in [0.717, 1.165) is 16.9 Å². The number of anilines is 1. The second-order valence-corrected chi connectivity index (χ2v) is 5.37. The van der Waals surface area contributed by atoms with Gasteiger partial charge in [-0.1, -0.05) is 26.0 Å². The Morgan fingerprint density at radius 3 is 2.76 bits per heavy atom. The van der Waals surface area contributed by atoms with Crippen molar-refractivity contribution in [3.8, 4) is 16.9 Å². The molecule has 0 saturated carbocycles. The topological polar surface area (TPSA) is 56.7 Å². The third-order valence-corrected chi connectivity index (χ3v) is 3.53. The molecule has 0 aliphatic heterocycles. The Morgan fingerprint density at radius 1 is 1.14 bits per heavy atom. The van der Waals surface area contributed by atoms with Gasteiger partial charge in [-0.25, -0.2) is 9.97 Å². The summed E-state index contributed by atoms with van der Waals surface area (Å²) < 4.78 is 2.07. The molecule has 2 N–H and O–H groups in total. The molecule has 0 atom stereocenters. The highest BCUT2D eigenvalue weighted by Crippen LogP contribution is 2.25. The number of benzene rings is 1. The number of nitrogen functional groups attached to an aromatic ring is 1. The van der Waals surface area contributed by atoms with Gasteiger partial charge in [-0.2, -0.15) is 0 Å². The van der Waals surface area contributed by atoms with Crippen molar-refractivity contribution in [2.75, 3.05) is 5.73 Å². The quantitative estimate of drug-likeness (QED) is 0.795. The van der Waals surface area contributed by atoms with E-state index in [0.29, 0.717) is 11.7 Å². The Balaban J connectivity index is 2.09. The second-order valence-electron chi connectivity index (χ2n) is 5.37. The lowest BCUT2D eigenvalue weighted by molar-refractivity contribution is 0.863. The minimum Gasteiger partial charge on any atom is -0.384 e. The molecule has 0 unspecified atom stereocenters. The van der Waals surface area contributed by atoms with Gasteiger partial charge >= 0.3 is 0 Å². The lowest BCUT2D eigenvalue weighted by Crippen LogP contribution is -1.98. The summed E-state index contributed by atoms with van der Waals surface area (Å²) in [5, 5.41) is 0. The number of aromatic nitrogens is 3. The van der Waals surface area contributed by atoms with Crippen LogP contribution >= 0.6 is 0 Å². The van der Waals surface area contributed by atoms with E-state index in [9.17, 15) is 0 Å². The van der Waals surface area contributed by atoms with Crippen LogP contribution in [0.5, 0.6) is 0 Å². The summed E-state index contributed by atoms with van der Waals surface area (Å²) in [5.74, 6) is 1.00. The first-order valence-electron chi connectivity index (χ1n) is 7.00. The van der Waals surface area contributed by atoms with Gasteiger partial charge in [0.1, 0.15) is 5.82 Å². The van der Waals surface area contributed by atoms with E-state index in [-0.39, 0.29) is 0 Å². The number of nitrogens with zero attached hydrogens (tertiary/aromatic N) is 3. The van der Waals surface area contributed by atoms with Crippen LogP contribution in [0.4, 0.5) is 5.82 Å². The first kappa shape index (κ1) is 13.4. The summed E-state index contributed by atoms with van der Waals surface area (Å²) in [5.41, 5.74) is 10.2. The summed E-state index contributed by atoms with van der Waals surface area (Å²) >= 11 is 0. The van der Waals surface area contributed by atoms with Crippen LogP contribution in [0.25, 0.3) is 16.9 Å². The van der Waals surface area contributed by atoms with Crippen LogP contribution in [-0.2, 0) is 0 Å². The maximum atomic E-state index is 5.78. The van der Waals surface area contributed by atoms with E-state index in [1.807, 2.05) is 24.7 Å². The number of hydrogen-bond acceptors (Lipinski definition) is 3. The van der Waals surface area contributed by atoms with Gasteiger partial charge in [-0.05, 0) is 35.7 Å². The number of nitrogens with two attached hydrogens (primary N) is 1. The molecule has 3 aromatic rings. The molecule has 4 nitrogen and oxygen atoms in total. The van der Waals surface area contributed by atoms with Crippen molar-refractivity contribution < 1.29 is 0 Å². The Hall–Kier alpha value is -2.62. The number of pyridine rings is 1. The smallest absolute Gasteiger partial charge is 0.123 e. The van der Waals surface area contributed by atoms with Crippen LogP contribution in [0.15, 0.2) is 55.1 Å². The maximum absolute atomic E-state index is 5.78. The maximum Gasteiger partial charge on any atom is 0.123 e. The predicted octanol–water partition coefficient (Wildman–Crippen LogP) is 3.64. The van der Waals surface area contributed by atoms with Gasteiger partial charge in [-0.15, -0.1) is 0 Å².